The number of nitrogens with zero attached hydrogens (tertiary/aromatic N) is 1. The lowest BCUT2D eigenvalue weighted by atomic mass is 10.1. The fourth-order valence-corrected chi connectivity index (χ4v) is 3.83. The van der Waals surface area contributed by atoms with Crippen LogP contribution < -0.4 is 10.1 Å². The molecule has 28 heavy (non-hydrogen) atoms. The largest absolute Gasteiger partial charge is 0.495 e. The minimum absolute atomic E-state index is 0.591. The number of para-hydroxylation sites is 1. The highest BCUT2D eigenvalue weighted by Gasteiger charge is 2.10. The van der Waals surface area contributed by atoms with Gasteiger partial charge in [0.25, 0.3) is 0 Å². The lowest BCUT2D eigenvalue weighted by molar-refractivity contribution is 0.415. The van der Waals surface area contributed by atoms with E-state index in [2.05, 4.69) is 46.4 Å². The van der Waals surface area contributed by atoms with Crippen LogP contribution in [0, 0.1) is 0 Å². The van der Waals surface area contributed by atoms with Crippen LogP contribution in [0.1, 0.15) is 11.1 Å². The van der Waals surface area contributed by atoms with Crippen molar-refractivity contribution in [3.63, 3.8) is 0 Å². The molecule has 1 aromatic heterocycles. The summed E-state index contributed by atoms with van der Waals surface area (Å²) in [5.41, 5.74) is 4.46. The van der Waals surface area contributed by atoms with Crippen LogP contribution in [0.25, 0.3) is 10.9 Å². The molecule has 4 aromatic rings. The molecule has 0 aliphatic heterocycles. The Morgan fingerprint density at radius 3 is 2.46 bits per heavy atom. The van der Waals surface area contributed by atoms with Crippen LogP contribution >= 0.6 is 23.2 Å². The van der Waals surface area contributed by atoms with Gasteiger partial charge in [-0.15, -0.1) is 0 Å². The van der Waals surface area contributed by atoms with E-state index in [-0.39, 0.29) is 0 Å². The van der Waals surface area contributed by atoms with Gasteiger partial charge in [-0.3, -0.25) is 0 Å². The van der Waals surface area contributed by atoms with Crippen molar-refractivity contribution in [1.29, 1.82) is 0 Å². The molecule has 0 radical (unpaired) electrons. The minimum atomic E-state index is 0.591. The number of hydrogen-bond acceptors (Lipinski definition) is 2. The molecule has 3 aromatic carbocycles. The van der Waals surface area contributed by atoms with Crippen molar-refractivity contribution in [3.8, 4) is 5.75 Å². The van der Waals surface area contributed by atoms with Crippen molar-refractivity contribution < 1.29 is 4.74 Å². The highest BCUT2D eigenvalue weighted by Crippen LogP contribution is 2.29. The van der Waals surface area contributed by atoms with Crippen molar-refractivity contribution in [2.24, 2.45) is 0 Å². The third-order valence-electron chi connectivity index (χ3n) is 4.80. The van der Waals surface area contributed by atoms with Crippen LogP contribution in [-0.2, 0) is 13.1 Å². The first-order chi connectivity index (χ1) is 13.7. The second-order valence-electron chi connectivity index (χ2n) is 6.59. The Labute approximate surface area is 174 Å². The van der Waals surface area contributed by atoms with Crippen molar-refractivity contribution in [2.75, 3.05) is 12.4 Å². The predicted molar refractivity (Wildman–Crippen MR) is 118 cm³/mol. The van der Waals surface area contributed by atoms with Crippen LogP contribution in [-0.4, -0.2) is 11.7 Å². The van der Waals surface area contributed by atoms with Crippen molar-refractivity contribution >= 4 is 39.8 Å². The molecule has 0 atom stereocenters. The maximum atomic E-state index is 6.36. The normalized spacial score (nSPS) is 11.0. The van der Waals surface area contributed by atoms with E-state index in [4.69, 9.17) is 27.9 Å². The molecule has 0 fully saturated rings. The van der Waals surface area contributed by atoms with Crippen molar-refractivity contribution in [1.82, 2.24) is 4.57 Å². The Bertz CT molecular complexity index is 1120. The van der Waals surface area contributed by atoms with E-state index in [1.807, 2.05) is 36.4 Å². The molecule has 0 saturated carbocycles. The van der Waals surface area contributed by atoms with E-state index in [9.17, 15) is 0 Å². The third-order valence-corrected chi connectivity index (χ3v) is 5.47. The molecule has 0 bridgehead atoms. The molecule has 1 N–H and O–H groups in total. The monoisotopic (exact) mass is 410 g/mol. The number of ether oxygens (including phenoxy) is 1. The third kappa shape index (κ3) is 3.82. The van der Waals surface area contributed by atoms with Crippen LogP contribution in [0.3, 0.4) is 0 Å². The average Bonchev–Trinajstić information content (AvgIpc) is 3.06. The lowest BCUT2D eigenvalue weighted by Gasteiger charge is -2.08. The fourth-order valence-electron chi connectivity index (χ4n) is 3.38. The number of rotatable bonds is 6. The van der Waals surface area contributed by atoms with E-state index >= 15 is 0 Å². The number of hydrogen-bond donors (Lipinski definition) is 1. The van der Waals surface area contributed by atoms with Gasteiger partial charge in [0.2, 0.25) is 0 Å². The standard InChI is InChI=1S/C23H20Cl2N2O/c1-28-23-11-10-18(12-21(23)25)26-13-17-15-27(22-9-5-3-7-19(17)22)14-16-6-2-4-8-20(16)24/h2-12,15,26H,13-14H2,1H3. The van der Waals surface area contributed by atoms with E-state index in [0.717, 1.165) is 22.8 Å². The molecule has 0 spiro atoms. The zero-order valence-electron chi connectivity index (χ0n) is 15.5. The maximum absolute atomic E-state index is 6.36. The Hall–Kier alpha value is -2.62. The Morgan fingerprint density at radius 1 is 0.893 bits per heavy atom. The summed E-state index contributed by atoms with van der Waals surface area (Å²) in [6, 6.07) is 22.1. The van der Waals surface area contributed by atoms with E-state index in [1.165, 1.54) is 16.5 Å². The fraction of sp³-hybridized carbons (Fsp3) is 0.130. The number of anilines is 1. The topological polar surface area (TPSA) is 26.2 Å². The number of fused-ring (bicyclic) bond motifs is 1. The quantitative estimate of drug-likeness (QED) is 0.386. The van der Waals surface area contributed by atoms with Crippen LogP contribution in [0.15, 0.2) is 72.9 Å². The minimum Gasteiger partial charge on any atom is -0.495 e. The molecule has 0 unspecified atom stereocenters. The summed E-state index contributed by atoms with van der Waals surface area (Å²) in [5.74, 6) is 0.670. The van der Waals surface area contributed by atoms with E-state index in [1.54, 1.807) is 7.11 Å². The highest BCUT2D eigenvalue weighted by molar-refractivity contribution is 6.32. The van der Waals surface area contributed by atoms with Crippen LogP contribution in [0.2, 0.25) is 10.0 Å². The van der Waals surface area contributed by atoms with Gasteiger partial charge in [-0.25, -0.2) is 0 Å². The van der Waals surface area contributed by atoms with E-state index < -0.39 is 0 Å². The number of methoxy groups -OCH3 is 1. The van der Waals surface area contributed by atoms with Gasteiger partial charge < -0.3 is 14.6 Å². The molecule has 142 valence electrons. The zero-order chi connectivity index (χ0) is 19.5. The van der Waals surface area contributed by atoms with Gasteiger partial charge in [0.15, 0.2) is 0 Å². The molecular weight excluding hydrogens is 391 g/mol. The van der Waals surface area contributed by atoms with Gasteiger partial charge in [0, 0.05) is 40.9 Å². The first-order valence-electron chi connectivity index (χ1n) is 9.03. The van der Waals surface area contributed by atoms with Gasteiger partial charge in [-0.05, 0) is 41.5 Å². The van der Waals surface area contributed by atoms with Gasteiger partial charge in [-0.2, -0.15) is 0 Å². The molecule has 0 amide bonds. The second-order valence-corrected chi connectivity index (χ2v) is 7.41. The van der Waals surface area contributed by atoms with Crippen molar-refractivity contribution in [2.45, 2.75) is 13.1 Å². The molecule has 0 aliphatic rings. The van der Waals surface area contributed by atoms with Gasteiger partial charge >= 0.3 is 0 Å². The van der Waals surface area contributed by atoms with Gasteiger partial charge in [0.1, 0.15) is 5.75 Å². The first-order valence-corrected chi connectivity index (χ1v) is 9.79. The SMILES string of the molecule is COc1ccc(NCc2cn(Cc3ccccc3Cl)c3ccccc23)cc1Cl. The Kier molecular flexibility index (Phi) is 5.47. The Balaban J connectivity index is 1.61. The lowest BCUT2D eigenvalue weighted by Crippen LogP contribution is -2.00. The summed E-state index contributed by atoms with van der Waals surface area (Å²) in [4.78, 5) is 0. The molecule has 1 heterocycles. The number of halogens is 2. The van der Waals surface area contributed by atoms with Crippen LogP contribution in [0.5, 0.6) is 5.75 Å². The number of benzene rings is 3. The summed E-state index contributed by atoms with van der Waals surface area (Å²) in [6.07, 6.45) is 2.19. The number of nitrogens with one attached hydrogen (secondary N) is 1. The average molecular weight is 411 g/mol. The molecule has 4 rings (SSSR count). The summed E-state index contributed by atoms with van der Waals surface area (Å²) < 4.78 is 7.46. The predicted octanol–water partition coefficient (Wildman–Crippen LogP) is 6.62. The smallest absolute Gasteiger partial charge is 0.137 e. The summed E-state index contributed by atoms with van der Waals surface area (Å²) in [7, 11) is 1.61. The number of aromatic nitrogens is 1. The molecule has 5 heteroatoms. The van der Waals surface area contributed by atoms with Gasteiger partial charge in [-0.1, -0.05) is 59.6 Å². The molecule has 0 aliphatic carbocycles. The maximum Gasteiger partial charge on any atom is 0.137 e. The summed E-state index contributed by atoms with van der Waals surface area (Å²) >= 11 is 12.6. The second kappa shape index (κ2) is 8.17. The summed E-state index contributed by atoms with van der Waals surface area (Å²) in [6.45, 7) is 1.42. The highest BCUT2D eigenvalue weighted by atomic mass is 35.5. The van der Waals surface area contributed by atoms with Gasteiger partial charge in [0.05, 0.1) is 12.1 Å². The van der Waals surface area contributed by atoms with E-state index in [0.29, 0.717) is 17.3 Å². The summed E-state index contributed by atoms with van der Waals surface area (Å²) in [5, 5.41) is 6.05. The van der Waals surface area contributed by atoms with Crippen molar-refractivity contribution in [3.05, 3.63) is 94.1 Å². The zero-order valence-corrected chi connectivity index (χ0v) is 17.0. The Morgan fingerprint density at radius 2 is 1.68 bits per heavy atom. The van der Waals surface area contributed by atoms with Crippen LogP contribution in [0.4, 0.5) is 5.69 Å². The first kappa shape index (κ1) is 18.7. The molecule has 0 saturated heterocycles. The molecular formula is C23H20Cl2N2O. The molecule has 3 nitrogen and oxygen atoms in total.